The first-order chi connectivity index (χ1) is 15.2. The van der Waals surface area contributed by atoms with E-state index in [-0.39, 0.29) is 24.6 Å². The van der Waals surface area contributed by atoms with E-state index in [1.165, 1.54) is 40.2 Å². The molecule has 1 aliphatic heterocycles. The minimum Gasteiger partial charge on any atom is -0.490 e. The quantitative estimate of drug-likeness (QED) is 0.514. The largest absolute Gasteiger partial charge is 0.490 e. The molecule has 32 heavy (non-hydrogen) atoms. The van der Waals surface area contributed by atoms with Crippen LogP contribution in [0.4, 0.5) is 14.9 Å². The number of anilines is 1. The van der Waals surface area contributed by atoms with E-state index >= 15 is 0 Å². The number of amides is 3. The average Bonchev–Trinajstić information content (AvgIpc) is 3.33. The van der Waals surface area contributed by atoms with E-state index in [4.69, 9.17) is 4.74 Å². The number of imide groups is 1. The Hall–Kier alpha value is -2.99. The third-order valence-electron chi connectivity index (χ3n) is 5.30. The Bertz CT molecular complexity index is 1130. The van der Waals surface area contributed by atoms with Crippen LogP contribution in [-0.4, -0.2) is 49.0 Å². The summed E-state index contributed by atoms with van der Waals surface area (Å²) in [7, 11) is -3.69. The minimum atomic E-state index is -3.69. The van der Waals surface area contributed by atoms with Crippen LogP contribution in [-0.2, 0) is 21.4 Å². The van der Waals surface area contributed by atoms with Gasteiger partial charge < -0.3 is 4.74 Å². The number of sulfonamides is 1. The number of benzene rings is 1. The summed E-state index contributed by atoms with van der Waals surface area (Å²) in [6.07, 6.45) is 5.06. The second-order valence-electron chi connectivity index (χ2n) is 8.00. The molecule has 172 valence electrons. The van der Waals surface area contributed by atoms with Crippen LogP contribution in [0.1, 0.15) is 31.4 Å². The molecule has 2 heterocycles. The lowest BCUT2D eigenvalue weighted by atomic mass is 10.1. The fourth-order valence-electron chi connectivity index (χ4n) is 3.27. The molecule has 1 atom stereocenters. The van der Waals surface area contributed by atoms with Crippen molar-refractivity contribution >= 4 is 27.6 Å². The Labute approximate surface area is 184 Å². The number of urea groups is 1. The number of halogens is 1. The zero-order valence-corrected chi connectivity index (χ0v) is 18.3. The average molecular weight is 466 g/mol. The highest BCUT2D eigenvalue weighted by Crippen LogP contribution is 2.31. The summed E-state index contributed by atoms with van der Waals surface area (Å²) in [5, 5.41) is 6.22. The fraction of sp³-hybridized carbons (Fsp3) is 0.450. The molecule has 2 fully saturated rings. The molecule has 2 N–H and O–H groups in total. The zero-order chi connectivity index (χ0) is 22.9. The molecule has 0 radical (unpaired) electrons. The highest BCUT2D eigenvalue weighted by molar-refractivity contribution is 7.89. The molecule has 2 aliphatic rings. The molecule has 1 saturated heterocycles. The molecule has 2 aromatic rings. The number of ether oxygens (including phenoxy) is 1. The lowest BCUT2D eigenvalue weighted by Crippen LogP contribution is -2.31. The van der Waals surface area contributed by atoms with Gasteiger partial charge in [-0.05, 0) is 43.4 Å². The predicted molar refractivity (Wildman–Crippen MR) is 113 cm³/mol. The Morgan fingerprint density at radius 1 is 1.34 bits per heavy atom. The number of rotatable bonds is 10. The van der Waals surface area contributed by atoms with Gasteiger partial charge in [-0.1, -0.05) is 6.07 Å². The first kappa shape index (κ1) is 22.2. The van der Waals surface area contributed by atoms with Crippen LogP contribution in [0.3, 0.4) is 0 Å². The van der Waals surface area contributed by atoms with Crippen LogP contribution in [0.25, 0.3) is 0 Å². The topological polar surface area (TPSA) is 123 Å². The van der Waals surface area contributed by atoms with E-state index in [0.717, 1.165) is 12.8 Å². The number of aryl methyl sites for hydroxylation is 1. The van der Waals surface area contributed by atoms with Crippen LogP contribution in [0, 0.1) is 11.7 Å². The maximum absolute atomic E-state index is 14.0. The Kier molecular flexibility index (Phi) is 6.15. The molecule has 0 unspecified atom stereocenters. The predicted octanol–water partition coefficient (Wildman–Crippen LogP) is 1.55. The molecule has 3 amide bonds. The minimum absolute atomic E-state index is 0.0463. The van der Waals surface area contributed by atoms with Crippen molar-refractivity contribution in [3.05, 3.63) is 42.0 Å². The maximum atomic E-state index is 14.0. The fourth-order valence-corrected chi connectivity index (χ4v) is 4.49. The van der Waals surface area contributed by atoms with Crippen molar-refractivity contribution in [3.63, 3.8) is 0 Å². The van der Waals surface area contributed by atoms with Crippen molar-refractivity contribution in [2.45, 2.75) is 32.4 Å². The second-order valence-corrected chi connectivity index (χ2v) is 9.88. The molecule has 12 heteroatoms. The van der Waals surface area contributed by atoms with E-state index in [2.05, 4.69) is 15.1 Å². The smallest absolute Gasteiger partial charge is 0.329 e. The number of nitrogens with one attached hydrogen (secondary N) is 2. The number of hydrogen-bond donors (Lipinski definition) is 2. The second kappa shape index (κ2) is 8.87. The van der Waals surface area contributed by atoms with Gasteiger partial charge in [0.1, 0.15) is 6.54 Å². The van der Waals surface area contributed by atoms with Gasteiger partial charge in [-0.25, -0.2) is 22.3 Å². The highest BCUT2D eigenvalue weighted by Gasteiger charge is 2.29. The van der Waals surface area contributed by atoms with Gasteiger partial charge in [0.15, 0.2) is 11.6 Å². The van der Waals surface area contributed by atoms with Gasteiger partial charge in [0.25, 0.3) is 0 Å². The summed E-state index contributed by atoms with van der Waals surface area (Å²) in [4.78, 5) is 24.2. The number of hydrogen-bond acceptors (Lipinski definition) is 6. The van der Waals surface area contributed by atoms with Crippen molar-refractivity contribution in [3.8, 4) is 5.75 Å². The molecule has 1 aliphatic carbocycles. The van der Waals surface area contributed by atoms with Crippen LogP contribution >= 0.6 is 0 Å². The third-order valence-corrected chi connectivity index (χ3v) is 6.73. The summed E-state index contributed by atoms with van der Waals surface area (Å²) in [5.74, 6) is -0.556. The summed E-state index contributed by atoms with van der Waals surface area (Å²) in [6.45, 7) is 2.07. The first-order valence-corrected chi connectivity index (χ1v) is 11.9. The number of aromatic nitrogens is 2. The van der Waals surface area contributed by atoms with Crippen molar-refractivity contribution in [2.75, 3.05) is 23.8 Å². The molecule has 4 rings (SSSR count). The lowest BCUT2D eigenvalue weighted by Gasteiger charge is -2.16. The zero-order valence-electron chi connectivity index (χ0n) is 17.5. The first-order valence-electron chi connectivity index (χ1n) is 10.3. The van der Waals surface area contributed by atoms with E-state index in [9.17, 15) is 22.4 Å². The molecule has 0 spiro atoms. The maximum Gasteiger partial charge on any atom is 0.329 e. The monoisotopic (exact) mass is 465 g/mol. The Morgan fingerprint density at radius 3 is 2.81 bits per heavy atom. The van der Waals surface area contributed by atoms with Crippen LogP contribution in [0.15, 0.2) is 30.6 Å². The van der Waals surface area contributed by atoms with Gasteiger partial charge in [-0.3, -0.25) is 19.7 Å². The third kappa shape index (κ3) is 5.43. The normalized spacial score (nSPS) is 17.5. The van der Waals surface area contributed by atoms with Gasteiger partial charge in [0.05, 0.1) is 30.8 Å². The van der Waals surface area contributed by atoms with Gasteiger partial charge in [-0.15, -0.1) is 0 Å². The van der Waals surface area contributed by atoms with Crippen molar-refractivity contribution < 1.29 is 27.1 Å². The summed E-state index contributed by atoms with van der Waals surface area (Å²) >= 11 is 0. The molecule has 1 aromatic carbocycles. The van der Waals surface area contributed by atoms with Crippen molar-refractivity contribution in [1.29, 1.82) is 0 Å². The molecule has 0 bridgehead atoms. The SMILES string of the molecule is C[C@@H](NS(=O)(=O)CCn1cc(N2CC(=O)NC2=O)cn1)c1ccc(F)c(OCC2CC2)c1. The number of nitrogens with zero attached hydrogens (tertiary/aromatic N) is 3. The Morgan fingerprint density at radius 2 is 2.12 bits per heavy atom. The van der Waals surface area contributed by atoms with Crippen LogP contribution in [0.5, 0.6) is 5.75 Å². The molecule has 1 aromatic heterocycles. The number of carbonyl (C=O) groups is 2. The van der Waals surface area contributed by atoms with Crippen LogP contribution in [0.2, 0.25) is 0 Å². The van der Waals surface area contributed by atoms with E-state index in [1.807, 2.05) is 0 Å². The molecule has 10 nitrogen and oxygen atoms in total. The molecular formula is C20H24FN5O5S. The van der Waals surface area contributed by atoms with E-state index in [0.29, 0.717) is 23.8 Å². The van der Waals surface area contributed by atoms with Gasteiger partial charge >= 0.3 is 6.03 Å². The molecule has 1 saturated carbocycles. The van der Waals surface area contributed by atoms with Gasteiger partial charge in [-0.2, -0.15) is 5.10 Å². The van der Waals surface area contributed by atoms with Gasteiger partial charge in [0.2, 0.25) is 15.9 Å². The number of carbonyl (C=O) groups excluding carboxylic acids is 2. The van der Waals surface area contributed by atoms with Gasteiger partial charge in [0, 0.05) is 12.2 Å². The Balaban J connectivity index is 1.33. The van der Waals surface area contributed by atoms with Crippen molar-refractivity contribution in [2.24, 2.45) is 5.92 Å². The lowest BCUT2D eigenvalue weighted by molar-refractivity contribution is -0.117. The summed E-state index contributed by atoms with van der Waals surface area (Å²) in [6, 6.07) is 3.18. The van der Waals surface area contributed by atoms with E-state index in [1.54, 1.807) is 6.92 Å². The van der Waals surface area contributed by atoms with E-state index < -0.39 is 33.8 Å². The van der Waals surface area contributed by atoms with Crippen LogP contribution < -0.4 is 19.7 Å². The highest BCUT2D eigenvalue weighted by atomic mass is 32.2. The standard InChI is InChI=1S/C20H24FN5O5S/c1-13(15-4-5-17(21)18(8-15)31-12-14-2-3-14)24-32(29,30)7-6-25-10-16(9-22-25)26-11-19(27)23-20(26)28/h4-5,8-10,13-14,24H,2-3,6-7,11-12H2,1H3,(H,23,27,28)/t13-/m1/s1. The molecular weight excluding hydrogens is 441 g/mol. The van der Waals surface area contributed by atoms with Crippen molar-refractivity contribution in [1.82, 2.24) is 19.8 Å². The summed E-state index contributed by atoms with van der Waals surface area (Å²) in [5.41, 5.74) is 0.990. The summed E-state index contributed by atoms with van der Waals surface area (Å²) < 4.78 is 48.6.